The van der Waals surface area contributed by atoms with Crippen molar-refractivity contribution in [3.05, 3.63) is 24.3 Å². The summed E-state index contributed by atoms with van der Waals surface area (Å²) < 4.78 is 40.1. The molecule has 4 nitrogen and oxygen atoms in total. The van der Waals surface area contributed by atoms with Gasteiger partial charge in [0.2, 0.25) is 0 Å². The fraction of sp³-hybridized carbons (Fsp3) is 0.364. The van der Waals surface area contributed by atoms with Crippen molar-refractivity contribution in [1.82, 2.24) is 0 Å². The van der Waals surface area contributed by atoms with Crippen LogP contribution in [0.25, 0.3) is 0 Å². The van der Waals surface area contributed by atoms with E-state index in [9.17, 15) is 13.2 Å². The molecule has 0 aromatic heterocycles. The number of nitrogens with zero attached hydrogens (tertiary/aromatic N) is 1. The average Bonchev–Trinajstić information content (AvgIpc) is 2.29. The van der Waals surface area contributed by atoms with E-state index in [2.05, 4.69) is 15.3 Å². The van der Waals surface area contributed by atoms with E-state index in [4.69, 9.17) is 5.11 Å². The number of nitrogens with one attached hydrogen (secondary N) is 1. The Balaban J connectivity index is 2.62. The van der Waals surface area contributed by atoms with Crippen molar-refractivity contribution < 1.29 is 23.0 Å². The van der Waals surface area contributed by atoms with Gasteiger partial charge in [-0.2, -0.15) is 5.10 Å². The predicted octanol–water partition coefficient (Wildman–Crippen LogP) is 2.76. The van der Waals surface area contributed by atoms with E-state index in [0.717, 1.165) is 0 Å². The van der Waals surface area contributed by atoms with Crippen LogP contribution in [0, 0.1) is 0 Å². The molecule has 0 bridgehead atoms. The van der Waals surface area contributed by atoms with Gasteiger partial charge in [0.15, 0.2) is 5.75 Å². The number of anilines is 1. The van der Waals surface area contributed by atoms with Crippen molar-refractivity contribution in [3.63, 3.8) is 0 Å². The van der Waals surface area contributed by atoms with Gasteiger partial charge in [-0.15, -0.1) is 13.2 Å². The number of rotatable bonds is 6. The highest BCUT2D eigenvalue weighted by Crippen LogP contribution is 2.29. The first-order valence-electron chi connectivity index (χ1n) is 5.26. The Kier molecular flexibility index (Phi) is 5.44. The molecular formula is C11H13F3N2O2. The molecular weight excluding hydrogens is 249 g/mol. The molecule has 2 N–H and O–H groups in total. The Labute approximate surface area is 102 Å². The van der Waals surface area contributed by atoms with Gasteiger partial charge in [-0.3, -0.25) is 5.43 Å². The van der Waals surface area contributed by atoms with Crippen molar-refractivity contribution >= 4 is 11.9 Å². The van der Waals surface area contributed by atoms with Crippen molar-refractivity contribution in [2.45, 2.75) is 19.2 Å². The second kappa shape index (κ2) is 6.85. The largest absolute Gasteiger partial charge is 0.573 e. The maximum absolute atomic E-state index is 12.1. The molecule has 100 valence electrons. The third kappa shape index (κ3) is 5.53. The monoisotopic (exact) mass is 262 g/mol. The number of aliphatic hydroxyl groups is 1. The van der Waals surface area contributed by atoms with Crippen LogP contribution in [0.2, 0.25) is 0 Å². The number of ether oxygens (including phenoxy) is 1. The second-order valence-electron chi connectivity index (χ2n) is 3.33. The number of halogens is 3. The fourth-order valence-electron chi connectivity index (χ4n) is 1.13. The minimum atomic E-state index is -4.74. The van der Waals surface area contributed by atoms with Crippen LogP contribution < -0.4 is 10.2 Å². The topological polar surface area (TPSA) is 53.9 Å². The van der Waals surface area contributed by atoms with Crippen molar-refractivity contribution in [3.8, 4) is 5.75 Å². The summed E-state index contributed by atoms with van der Waals surface area (Å²) >= 11 is 0. The molecule has 18 heavy (non-hydrogen) atoms. The van der Waals surface area contributed by atoms with Crippen LogP contribution in [0.5, 0.6) is 5.75 Å². The molecule has 0 atom stereocenters. The van der Waals surface area contributed by atoms with Gasteiger partial charge in [0, 0.05) is 12.8 Å². The predicted molar refractivity (Wildman–Crippen MR) is 61.6 cm³/mol. The van der Waals surface area contributed by atoms with Gasteiger partial charge in [-0.05, 0) is 25.0 Å². The first-order chi connectivity index (χ1) is 8.53. The van der Waals surface area contributed by atoms with Gasteiger partial charge in [0.25, 0.3) is 0 Å². The van der Waals surface area contributed by atoms with Crippen LogP contribution >= 0.6 is 0 Å². The first-order valence-corrected chi connectivity index (χ1v) is 5.26. The summed E-state index contributed by atoms with van der Waals surface area (Å²) in [5.41, 5.74) is 2.58. The number of para-hydroxylation sites is 2. The van der Waals surface area contributed by atoms with E-state index in [0.29, 0.717) is 12.8 Å². The Morgan fingerprint density at radius 2 is 2.06 bits per heavy atom. The molecule has 1 aromatic rings. The lowest BCUT2D eigenvalue weighted by atomic mass is 10.3. The average molecular weight is 262 g/mol. The molecule has 0 aliphatic carbocycles. The van der Waals surface area contributed by atoms with Crippen molar-refractivity contribution in [2.75, 3.05) is 12.0 Å². The lowest BCUT2D eigenvalue weighted by molar-refractivity contribution is -0.274. The molecule has 0 aliphatic rings. The summed E-state index contributed by atoms with van der Waals surface area (Å²) in [7, 11) is 0. The summed E-state index contributed by atoms with van der Waals surface area (Å²) in [6, 6.07) is 5.61. The minimum absolute atomic E-state index is 0.0415. The number of aliphatic hydroxyl groups excluding tert-OH is 1. The lowest BCUT2D eigenvalue weighted by Gasteiger charge is -2.12. The second-order valence-corrected chi connectivity index (χ2v) is 3.33. The third-order valence-corrected chi connectivity index (χ3v) is 1.88. The van der Waals surface area contributed by atoms with Gasteiger partial charge < -0.3 is 9.84 Å². The molecule has 0 saturated carbocycles. The Bertz CT molecular complexity index is 394. The highest BCUT2D eigenvalue weighted by Gasteiger charge is 2.32. The number of hydrazone groups is 1. The standard InChI is InChI=1S/C11H13F3N2O2/c12-11(13,14)18-10-6-2-1-5-9(10)16-15-7-3-4-8-17/h1-2,5-7,16-17H,3-4,8H2/b15-7-. The zero-order chi connectivity index (χ0) is 13.4. The maximum Gasteiger partial charge on any atom is 0.573 e. The summed E-state index contributed by atoms with van der Waals surface area (Å²) in [5.74, 6) is -0.343. The molecule has 1 aromatic carbocycles. The Hall–Kier alpha value is -1.76. The maximum atomic E-state index is 12.1. The summed E-state index contributed by atoms with van der Waals surface area (Å²) in [5, 5.41) is 12.3. The van der Waals surface area contributed by atoms with Crippen LogP contribution in [0.3, 0.4) is 0 Å². The molecule has 0 fully saturated rings. The van der Waals surface area contributed by atoms with Gasteiger partial charge >= 0.3 is 6.36 Å². The quantitative estimate of drug-likeness (QED) is 0.471. The third-order valence-electron chi connectivity index (χ3n) is 1.88. The SMILES string of the molecule is OCCC/C=N\Nc1ccccc1OC(F)(F)F. The Morgan fingerprint density at radius 1 is 1.33 bits per heavy atom. The molecule has 0 spiro atoms. The molecule has 0 amide bonds. The van der Waals surface area contributed by atoms with E-state index in [1.807, 2.05) is 0 Å². The summed E-state index contributed by atoms with van der Waals surface area (Å²) in [4.78, 5) is 0. The highest BCUT2D eigenvalue weighted by atomic mass is 19.4. The zero-order valence-electron chi connectivity index (χ0n) is 9.44. The number of hydrogen-bond donors (Lipinski definition) is 2. The number of alkyl halides is 3. The zero-order valence-corrected chi connectivity index (χ0v) is 9.44. The number of benzene rings is 1. The van der Waals surface area contributed by atoms with E-state index in [1.54, 1.807) is 6.07 Å². The van der Waals surface area contributed by atoms with E-state index in [1.165, 1.54) is 24.4 Å². The van der Waals surface area contributed by atoms with E-state index >= 15 is 0 Å². The van der Waals surface area contributed by atoms with Crippen LogP contribution in [-0.4, -0.2) is 24.3 Å². The first kappa shape index (κ1) is 14.3. The Morgan fingerprint density at radius 3 is 2.72 bits per heavy atom. The summed E-state index contributed by atoms with van der Waals surface area (Å²) in [6.07, 6.45) is -2.18. The van der Waals surface area contributed by atoms with Crippen LogP contribution in [0.4, 0.5) is 18.9 Å². The highest BCUT2D eigenvalue weighted by molar-refractivity contribution is 5.62. The molecule has 0 aliphatic heterocycles. The molecule has 0 saturated heterocycles. The van der Waals surface area contributed by atoms with Gasteiger partial charge in [-0.1, -0.05) is 12.1 Å². The van der Waals surface area contributed by atoms with E-state index < -0.39 is 6.36 Å². The molecule has 7 heteroatoms. The van der Waals surface area contributed by atoms with Crippen LogP contribution in [0.15, 0.2) is 29.4 Å². The molecule has 0 heterocycles. The van der Waals surface area contributed by atoms with Gasteiger partial charge in [0.05, 0.1) is 5.69 Å². The smallest absolute Gasteiger partial charge is 0.404 e. The number of unbranched alkanes of at least 4 members (excludes halogenated alkanes) is 1. The molecule has 0 radical (unpaired) electrons. The van der Waals surface area contributed by atoms with Crippen LogP contribution in [-0.2, 0) is 0 Å². The number of hydrogen-bond acceptors (Lipinski definition) is 4. The van der Waals surface area contributed by atoms with Crippen molar-refractivity contribution in [2.24, 2.45) is 5.10 Å². The van der Waals surface area contributed by atoms with E-state index in [-0.39, 0.29) is 18.0 Å². The van der Waals surface area contributed by atoms with Gasteiger partial charge in [-0.25, -0.2) is 0 Å². The molecule has 0 unspecified atom stereocenters. The summed E-state index contributed by atoms with van der Waals surface area (Å²) in [6.45, 7) is 0.0415. The van der Waals surface area contributed by atoms with Gasteiger partial charge in [0.1, 0.15) is 0 Å². The van der Waals surface area contributed by atoms with Crippen molar-refractivity contribution in [1.29, 1.82) is 0 Å². The molecule has 1 rings (SSSR count). The lowest BCUT2D eigenvalue weighted by Crippen LogP contribution is -2.17. The fourth-order valence-corrected chi connectivity index (χ4v) is 1.13. The minimum Gasteiger partial charge on any atom is -0.404 e. The van der Waals surface area contributed by atoms with Crippen LogP contribution in [0.1, 0.15) is 12.8 Å². The normalized spacial score (nSPS) is 11.8.